The van der Waals surface area contributed by atoms with Gasteiger partial charge in [-0.15, -0.1) is 5.10 Å². The van der Waals surface area contributed by atoms with E-state index in [0.717, 1.165) is 12.0 Å². The highest BCUT2D eigenvalue weighted by Crippen LogP contribution is 2.16. The normalized spacial score (nSPS) is 10.6. The molecule has 3 aromatic rings. The lowest BCUT2D eigenvalue weighted by atomic mass is 10.1. The summed E-state index contributed by atoms with van der Waals surface area (Å²) in [5, 5.41) is 8.70. The quantitative estimate of drug-likeness (QED) is 0.682. The number of benzene rings is 2. The molecule has 0 saturated heterocycles. The van der Waals surface area contributed by atoms with Crippen LogP contribution in [0.15, 0.2) is 60.8 Å². The van der Waals surface area contributed by atoms with Crippen LogP contribution in [0.3, 0.4) is 0 Å². The fraction of sp³-hybridized carbons (Fsp3) is 0.211. The molecule has 0 aliphatic carbocycles. The molecule has 2 aromatic carbocycles. The molecule has 6 heteroatoms. The summed E-state index contributed by atoms with van der Waals surface area (Å²) in [5.41, 5.74) is 2.47. The van der Waals surface area contributed by atoms with Gasteiger partial charge in [-0.2, -0.15) is 0 Å². The number of likely N-dealkylation sites (N-methyl/N-ethyl adjacent to an activating group) is 1. The Balaban J connectivity index is 1.61. The molecule has 0 spiro atoms. The lowest BCUT2D eigenvalue weighted by Gasteiger charge is -2.15. The minimum Gasteiger partial charge on any atom is -0.340 e. The van der Waals surface area contributed by atoms with Crippen LogP contribution in [0.1, 0.15) is 21.6 Å². The van der Waals surface area contributed by atoms with Crippen molar-refractivity contribution < 1.29 is 4.79 Å². The number of carbonyl (C=O) groups is 1. The average molecular weight is 355 g/mol. The molecule has 0 fully saturated rings. The Morgan fingerprint density at radius 2 is 1.84 bits per heavy atom. The summed E-state index contributed by atoms with van der Waals surface area (Å²) < 4.78 is 1.62. The van der Waals surface area contributed by atoms with E-state index in [2.05, 4.69) is 22.4 Å². The topological polar surface area (TPSA) is 51.0 Å². The molecule has 0 bridgehead atoms. The van der Waals surface area contributed by atoms with E-state index in [-0.39, 0.29) is 5.91 Å². The lowest BCUT2D eigenvalue weighted by Crippen LogP contribution is -2.29. The second-order valence-electron chi connectivity index (χ2n) is 5.86. The first-order valence-electron chi connectivity index (χ1n) is 8.06. The number of aromatic nitrogens is 3. The van der Waals surface area contributed by atoms with Gasteiger partial charge in [-0.3, -0.25) is 4.79 Å². The summed E-state index contributed by atoms with van der Waals surface area (Å²) in [5.74, 6) is -0.138. The first-order valence-corrected chi connectivity index (χ1v) is 8.44. The van der Waals surface area contributed by atoms with E-state index in [1.807, 2.05) is 42.5 Å². The van der Waals surface area contributed by atoms with Crippen molar-refractivity contribution in [2.24, 2.45) is 0 Å². The number of carbonyl (C=O) groups excluding carboxylic acids is 1. The van der Waals surface area contributed by atoms with Crippen LogP contribution < -0.4 is 0 Å². The maximum atomic E-state index is 12.5. The van der Waals surface area contributed by atoms with Crippen LogP contribution in [0.5, 0.6) is 0 Å². The maximum Gasteiger partial charge on any atom is 0.275 e. The predicted molar refractivity (Wildman–Crippen MR) is 97.7 cm³/mol. The molecule has 0 radical (unpaired) electrons. The van der Waals surface area contributed by atoms with Crippen LogP contribution in [0, 0.1) is 0 Å². The summed E-state index contributed by atoms with van der Waals surface area (Å²) in [4.78, 5) is 14.1. The van der Waals surface area contributed by atoms with E-state index in [0.29, 0.717) is 23.8 Å². The summed E-state index contributed by atoms with van der Waals surface area (Å²) in [7, 11) is 1.78. The largest absolute Gasteiger partial charge is 0.340 e. The molecule has 5 nitrogen and oxygen atoms in total. The summed E-state index contributed by atoms with van der Waals surface area (Å²) in [6, 6.07) is 17.6. The standard InChI is InChI=1S/C19H19ClN4O/c1-23(12-11-15-7-3-2-4-8-15)19(25)18-14-24(22-21-18)13-16-9-5-6-10-17(16)20/h2-10,14H,11-13H2,1H3. The summed E-state index contributed by atoms with van der Waals surface area (Å²) >= 11 is 6.16. The van der Waals surface area contributed by atoms with Crippen molar-refractivity contribution in [1.82, 2.24) is 19.9 Å². The van der Waals surface area contributed by atoms with E-state index in [4.69, 9.17) is 11.6 Å². The number of hydrogen-bond donors (Lipinski definition) is 0. The van der Waals surface area contributed by atoms with E-state index >= 15 is 0 Å². The number of nitrogens with zero attached hydrogens (tertiary/aromatic N) is 4. The zero-order valence-electron chi connectivity index (χ0n) is 14.0. The smallest absolute Gasteiger partial charge is 0.275 e. The maximum absolute atomic E-state index is 12.5. The van der Waals surface area contributed by atoms with Crippen molar-refractivity contribution in [2.75, 3.05) is 13.6 Å². The third kappa shape index (κ3) is 4.45. The van der Waals surface area contributed by atoms with Gasteiger partial charge in [0, 0.05) is 18.6 Å². The molecule has 128 valence electrons. The van der Waals surface area contributed by atoms with Gasteiger partial charge in [-0.1, -0.05) is 65.3 Å². The monoisotopic (exact) mass is 354 g/mol. The van der Waals surface area contributed by atoms with Gasteiger partial charge < -0.3 is 4.90 Å². The minimum absolute atomic E-state index is 0.138. The van der Waals surface area contributed by atoms with E-state index < -0.39 is 0 Å². The molecule has 25 heavy (non-hydrogen) atoms. The van der Waals surface area contributed by atoms with Crippen molar-refractivity contribution in [1.29, 1.82) is 0 Å². The number of halogens is 1. The van der Waals surface area contributed by atoms with E-state index in [1.165, 1.54) is 5.56 Å². The molecular formula is C19H19ClN4O. The molecule has 1 heterocycles. The molecule has 3 rings (SSSR count). The molecule has 1 amide bonds. The second-order valence-corrected chi connectivity index (χ2v) is 6.26. The van der Waals surface area contributed by atoms with Crippen LogP contribution in [0.4, 0.5) is 0 Å². The van der Waals surface area contributed by atoms with Crippen LogP contribution in [-0.2, 0) is 13.0 Å². The molecule has 0 aliphatic heterocycles. The highest BCUT2D eigenvalue weighted by atomic mass is 35.5. The van der Waals surface area contributed by atoms with Gasteiger partial charge in [0.15, 0.2) is 5.69 Å². The van der Waals surface area contributed by atoms with Crippen molar-refractivity contribution in [3.63, 3.8) is 0 Å². The van der Waals surface area contributed by atoms with Crippen LogP contribution in [0.2, 0.25) is 5.02 Å². The van der Waals surface area contributed by atoms with Crippen molar-refractivity contribution in [2.45, 2.75) is 13.0 Å². The molecular weight excluding hydrogens is 336 g/mol. The van der Waals surface area contributed by atoms with Crippen molar-refractivity contribution in [3.8, 4) is 0 Å². The Hall–Kier alpha value is -2.66. The third-order valence-electron chi connectivity index (χ3n) is 3.97. The Labute approximate surface area is 151 Å². The Bertz CT molecular complexity index is 847. The first kappa shape index (κ1) is 17.2. The number of rotatable bonds is 6. The zero-order chi connectivity index (χ0) is 17.6. The number of hydrogen-bond acceptors (Lipinski definition) is 3. The molecule has 1 aromatic heterocycles. The van der Waals surface area contributed by atoms with Crippen molar-refractivity contribution >= 4 is 17.5 Å². The Morgan fingerprint density at radius 1 is 1.12 bits per heavy atom. The van der Waals surface area contributed by atoms with Gasteiger partial charge in [0.2, 0.25) is 0 Å². The van der Waals surface area contributed by atoms with Gasteiger partial charge in [0.25, 0.3) is 5.91 Å². The molecule has 0 aliphatic rings. The van der Waals surface area contributed by atoms with Gasteiger partial charge in [-0.05, 0) is 23.6 Å². The van der Waals surface area contributed by atoms with Gasteiger partial charge >= 0.3 is 0 Å². The van der Waals surface area contributed by atoms with Crippen LogP contribution >= 0.6 is 11.6 Å². The Kier molecular flexibility index (Phi) is 5.46. The summed E-state index contributed by atoms with van der Waals surface area (Å²) in [6.07, 6.45) is 2.46. The van der Waals surface area contributed by atoms with E-state index in [1.54, 1.807) is 22.8 Å². The van der Waals surface area contributed by atoms with E-state index in [9.17, 15) is 4.79 Å². The van der Waals surface area contributed by atoms with Crippen LogP contribution in [0.25, 0.3) is 0 Å². The third-order valence-corrected chi connectivity index (χ3v) is 4.34. The van der Waals surface area contributed by atoms with Crippen molar-refractivity contribution in [3.05, 3.63) is 82.6 Å². The molecule has 0 atom stereocenters. The predicted octanol–water partition coefficient (Wildman–Crippen LogP) is 3.29. The molecule has 0 saturated carbocycles. The number of amides is 1. The van der Waals surface area contributed by atoms with Crippen LogP contribution in [-0.4, -0.2) is 39.4 Å². The molecule has 0 unspecified atom stereocenters. The van der Waals surface area contributed by atoms with Gasteiger partial charge in [0.1, 0.15) is 0 Å². The van der Waals surface area contributed by atoms with Gasteiger partial charge in [-0.25, -0.2) is 4.68 Å². The molecule has 0 N–H and O–H groups in total. The Morgan fingerprint density at radius 3 is 2.60 bits per heavy atom. The minimum atomic E-state index is -0.138. The highest BCUT2D eigenvalue weighted by molar-refractivity contribution is 6.31. The summed E-state index contributed by atoms with van der Waals surface area (Å²) in [6.45, 7) is 1.11. The highest BCUT2D eigenvalue weighted by Gasteiger charge is 2.16. The average Bonchev–Trinajstić information content (AvgIpc) is 3.10. The van der Waals surface area contributed by atoms with Gasteiger partial charge in [0.05, 0.1) is 12.7 Å². The SMILES string of the molecule is CN(CCc1ccccc1)C(=O)c1cn(Cc2ccccc2Cl)nn1. The fourth-order valence-corrected chi connectivity index (χ4v) is 2.71. The first-order chi connectivity index (χ1) is 12.1. The second kappa shape index (κ2) is 7.94. The fourth-order valence-electron chi connectivity index (χ4n) is 2.51. The lowest BCUT2D eigenvalue weighted by molar-refractivity contribution is 0.0790. The zero-order valence-corrected chi connectivity index (χ0v) is 14.7.